The highest BCUT2D eigenvalue weighted by molar-refractivity contribution is 7.08. The van der Waals surface area contributed by atoms with Crippen molar-refractivity contribution in [1.82, 2.24) is 5.32 Å². The summed E-state index contributed by atoms with van der Waals surface area (Å²) in [5.74, 6) is 3.06. The first-order valence-corrected chi connectivity index (χ1v) is 10.5. The van der Waals surface area contributed by atoms with Crippen LogP contribution in [0.25, 0.3) is 11.1 Å². The van der Waals surface area contributed by atoms with Gasteiger partial charge >= 0.3 is 0 Å². The molecule has 4 fully saturated rings. The summed E-state index contributed by atoms with van der Waals surface area (Å²) in [5, 5.41) is 8.44. The molecule has 4 aliphatic rings. The van der Waals surface area contributed by atoms with Gasteiger partial charge in [-0.05, 0) is 102 Å². The standard InChI is InChI=1S/C22H27NS/c1-15-6-19(21-4-5-24-14-21)2-3-20(15)13-23-22-10-16-7-17(11-22)9-18(8-16)12-22/h2-6,14,16-18,23H,7-13H2,1H3. The lowest BCUT2D eigenvalue weighted by molar-refractivity contribution is -0.0206. The van der Waals surface area contributed by atoms with Crippen molar-refractivity contribution in [2.24, 2.45) is 17.8 Å². The van der Waals surface area contributed by atoms with Crippen molar-refractivity contribution in [1.29, 1.82) is 0 Å². The smallest absolute Gasteiger partial charge is 0.0213 e. The van der Waals surface area contributed by atoms with E-state index in [-0.39, 0.29) is 0 Å². The number of benzene rings is 1. The zero-order valence-electron chi connectivity index (χ0n) is 14.6. The second kappa shape index (κ2) is 5.71. The zero-order chi connectivity index (χ0) is 16.1. The SMILES string of the molecule is Cc1cc(-c2ccsc2)ccc1CNC12CC3CC(CC(C3)C1)C2. The van der Waals surface area contributed by atoms with Gasteiger partial charge in [-0.2, -0.15) is 11.3 Å². The van der Waals surface area contributed by atoms with Crippen LogP contribution in [0.1, 0.15) is 49.7 Å². The summed E-state index contributed by atoms with van der Waals surface area (Å²) in [6.07, 6.45) is 8.88. The van der Waals surface area contributed by atoms with Gasteiger partial charge in [-0.25, -0.2) is 0 Å². The number of nitrogens with one attached hydrogen (secondary N) is 1. The lowest BCUT2D eigenvalue weighted by Gasteiger charge is -2.57. The Morgan fingerprint density at radius 2 is 1.71 bits per heavy atom. The number of thiophene rings is 1. The van der Waals surface area contributed by atoms with Gasteiger partial charge in [0.15, 0.2) is 0 Å². The van der Waals surface area contributed by atoms with Crippen LogP contribution in [0, 0.1) is 24.7 Å². The fourth-order valence-corrected chi connectivity index (χ4v) is 6.78. The van der Waals surface area contributed by atoms with Crippen LogP contribution in [-0.4, -0.2) is 5.54 Å². The molecule has 1 N–H and O–H groups in total. The predicted molar refractivity (Wildman–Crippen MR) is 102 cm³/mol. The molecule has 0 aliphatic heterocycles. The molecular weight excluding hydrogens is 310 g/mol. The molecule has 1 nitrogen and oxygen atoms in total. The largest absolute Gasteiger partial charge is 0.307 e. The monoisotopic (exact) mass is 337 g/mol. The molecule has 2 aromatic rings. The molecule has 2 heteroatoms. The van der Waals surface area contributed by atoms with Gasteiger partial charge in [0.05, 0.1) is 0 Å². The molecule has 0 atom stereocenters. The van der Waals surface area contributed by atoms with E-state index >= 15 is 0 Å². The van der Waals surface area contributed by atoms with Crippen molar-refractivity contribution in [2.75, 3.05) is 0 Å². The highest BCUT2D eigenvalue weighted by Crippen LogP contribution is 2.55. The van der Waals surface area contributed by atoms with E-state index in [2.05, 4.69) is 47.3 Å². The topological polar surface area (TPSA) is 12.0 Å². The molecule has 24 heavy (non-hydrogen) atoms. The minimum Gasteiger partial charge on any atom is -0.307 e. The van der Waals surface area contributed by atoms with E-state index in [1.165, 1.54) is 60.8 Å². The number of rotatable bonds is 4. The summed E-state index contributed by atoms with van der Waals surface area (Å²) in [6, 6.07) is 9.22. The Morgan fingerprint density at radius 1 is 1.00 bits per heavy atom. The molecule has 0 radical (unpaired) electrons. The summed E-state index contributed by atoms with van der Waals surface area (Å²) in [4.78, 5) is 0. The average molecular weight is 338 g/mol. The summed E-state index contributed by atoms with van der Waals surface area (Å²) >= 11 is 1.77. The molecule has 4 bridgehead atoms. The fourth-order valence-electron chi connectivity index (χ4n) is 6.11. The van der Waals surface area contributed by atoms with Crippen molar-refractivity contribution in [3.05, 3.63) is 46.2 Å². The van der Waals surface area contributed by atoms with E-state index < -0.39 is 0 Å². The maximum absolute atomic E-state index is 4.04. The fraction of sp³-hybridized carbons (Fsp3) is 0.545. The van der Waals surface area contributed by atoms with Crippen molar-refractivity contribution >= 4 is 11.3 Å². The minimum atomic E-state index is 0.465. The second-order valence-corrected chi connectivity index (χ2v) is 9.48. The first-order valence-electron chi connectivity index (χ1n) is 9.56. The Kier molecular flexibility index (Phi) is 3.61. The molecule has 0 unspecified atom stereocenters. The van der Waals surface area contributed by atoms with Crippen LogP contribution in [0.3, 0.4) is 0 Å². The summed E-state index contributed by atoms with van der Waals surface area (Å²) in [7, 11) is 0. The molecule has 0 spiro atoms. The highest BCUT2D eigenvalue weighted by atomic mass is 32.1. The Hall–Kier alpha value is -1.12. The van der Waals surface area contributed by atoms with E-state index in [1.54, 1.807) is 11.3 Å². The molecule has 1 heterocycles. The van der Waals surface area contributed by atoms with Crippen LogP contribution in [0.5, 0.6) is 0 Å². The van der Waals surface area contributed by atoms with Gasteiger partial charge in [-0.15, -0.1) is 0 Å². The van der Waals surface area contributed by atoms with Crippen LogP contribution in [0.4, 0.5) is 0 Å². The van der Waals surface area contributed by atoms with Crippen LogP contribution in [0.2, 0.25) is 0 Å². The van der Waals surface area contributed by atoms with Crippen LogP contribution < -0.4 is 5.32 Å². The lowest BCUT2D eigenvalue weighted by atomic mass is 9.53. The molecule has 4 aliphatic carbocycles. The van der Waals surface area contributed by atoms with E-state index in [9.17, 15) is 0 Å². The van der Waals surface area contributed by atoms with E-state index in [0.29, 0.717) is 5.54 Å². The van der Waals surface area contributed by atoms with E-state index in [0.717, 1.165) is 24.3 Å². The van der Waals surface area contributed by atoms with E-state index in [1.807, 2.05) is 0 Å². The maximum atomic E-state index is 4.04. The van der Waals surface area contributed by atoms with Crippen molar-refractivity contribution < 1.29 is 0 Å². The number of hydrogen-bond donors (Lipinski definition) is 1. The second-order valence-electron chi connectivity index (χ2n) is 8.70. The van der Waals surface area contributed by atoms with E-state index in [4.69, 9.17) is 0 Å². The third-order valence-electron chi connectivity index (χ3n) is 6.89. The first-order chi connectivity index (χ1) is 11.7. The van der Waals surface area contributed by atoms with Gasteiger partial charge in [0.1, 0.15) is 0 Å². The highest BCUT2D eigenvalue weighted by Gasteiger charge is 2.50. The van der Waals surface area contributed by atoms with Gasteiger partial charge < -0.3 is 5.32 Å². The molecule has 0 amide bonds. The Bertz CT molecular complexity index is 695. The average Bonchev–Trinajstić information content (AvgIpc) is 3.07. The van der Waals surface area contributed by atoms with Crippen molar-refractivity contribution in [2.45, 2.75) is 57.5 Å². The minimum absolute atomic E-state index is 0.465. The van der Waals surface area contributed by atoms with Gasteiger partial charge in [0.25, 0.3) is 0 Å². The van der Waals surface area contributed by atoms with Gasteiger partial charge in [-0.3, -0.25) is 0 Å². The molecule has 0 saturated heterocycles. The Labute approximate surface area is 149 Å². The zero-order valence-corrected chi connectivity index (χ0v) is 15.4. The quantitative estimate of drug-likeness (QED) is 0.745. The summed E-state index contributed by atoms with van der Waals surface area (Å²) < 4.78 is 0. The van der Waals surface area contributed by atoms with Gasteiger partial charge in [-0.1, -0.05) is 18.2 Å². The predicted octanol–water partition coefficient (Wildman–Crippen LogP) is 5.78. The van der Waals surface area contributed by atoms with Gasteiger partial charge in [0, 0.05) is 12.1 Å². The third kappa shape index (κ3) is 2.64. The third-order valence-corrected chi connectivity index (χ3v) is 7.57. The van der Waals surface area contributed by atoms with Crippen LogP contribution >= 0.6 is 11.3 Å². The van der Waals surface area contributed by atoms with Crippen molar-refractivity contribution in [3.8, 4) is 11.1 Å². The van der Waals surface area contributed by atoms with Crippen molar-refractivity contribution in [3.63, 3.8) is 0 Å². The van der Waals surface area contributed by atoms with Crippen LogP contribution in [0.15, 0.2) is 35.0 Å². The normalized spacial score (nSPS) is 34.0. The summed E-state index contributed by atoms with van der Waals surface area (Å²) in [5.41, 5.74) is 6.07. The number of hydrogen-bond acceptors (Lipinski definition) is 2. The molecule has 1 aromatic carbocycles. The molecule has 6 rings (SSSR count). The van der Waals surface area contributed by atoms with Gasteiger partial charge in [0.2, 0.25) is 0 Å². The Morgan fingerprint density at radius 3 is 2.29 bits per heavy atom. The Balaban J connectivity index is 1.32. The first kappa shape index (κ1) is 15.2. The summed E-state index contributed by atoms with van der Waals surface area (Å²) in [6.45, 7) is 3.31. The number of aryl methyl sites for hydroxylation is 1. The molecule has 4 saturated carbocycles. The maximum Gasteiger partial charge on any atom is 0.0213 e. The lowest BCUT2D eigenvalue weighted by Crippen LogP contribution is -2.58. The molecular formula is C22H27NS. The molecule has 126 valence electrons. The molecule has 1 aromatic heterocycles. The van der Waals surface area contributed by atoms with Crippen LogP contribution in [-0.2, 0) is 6.54 Å².